The molecule has 39 heavy (non-hydrogen) atoms. The Morgan fingerprint density at radius 2 is 1.77 bits per heavy atom. The van der Waals surface area contributed by atoms with Crippen molar-refractivity contribution in [1.82, 2.24) is 25.3 Å². The third kappa shape index (κ3) is 7.09. The van der Waals surface area contributed by atoms with E-state index in [2.05, 4.69) is 29.4 Å². The number of benzene rings is 1. The molecule has 3 aliphatic heterocycles. The molecule has 1 aromatic carbocycles. The number of piperazine rings is 2. The van der Waals surface area contributed by atoms with Gasteiger partial charge in [0.1, 0.15) is 5.75 Å². The summed E-state index contributed by atoms with van der Waals surface area (Å²) >= 11 is 0. The first-order chi connectivity index (χ1) is 18.8. The van der Waals surface area contributed by atoms with Gasteiger partial charge in [0.05, 0.1) is 6.04 Å². The lowest BCUT2D eigenvalue weighted by atomic mass is 10.0. The third-order valence-corrected chi connectivity index (χ3v) is 8.33. The van der Waals surface area contributed by atoms with Crippen molar-refractivity contribution in [2.75, 3.05) is 32.7 Å². The van der Waals surface area contributed by atoms with Crippen molar-refractivity contribution in [2.24, 2.45) is 0 Å². The van der Waals surface area contributed by atoms with Gasteiger partial charge in [0.15, 0.2) is 0 Å². The van der Waals surface area contributed by atoms with Crippen LogP contribution in [0.5, 0.6) is 5.75 Å². The maximum Gasteiger partial charge on any atom is 0.312 e. The number of carbonyl (C=O) groups is 4. The van der Waals surface area contributed by atoms with Crippen LogP contribution in [0.4, 0.5) is 0 Å². The number of nitrogens with zero attached hydrogens (tertiary/aromatic N) is 3. The van der Waals surface area contributed by atoms with Crippen molar-refractivity contribution < 1.29 is 24.3 Å². The Morgan fingerprint density at radius 3 is 2.49 bits per heavy atom. The van der Waals surface area contributed by atoms with Gasteiger partial charge in [0, 0.05) is 44.3 Å². The van der Waals surface area contributed by atoms with Gasteiger partial charge in [-0.3, -0.25) is 24.1 Å². The Bertz CT molecular complexity index is 1030. The largest absolute Gasteiger partial charge is 0.508 e. The number of carbonyl (C=O) groups excluding carboxylic acids is 4. The highest BCUT2D eigenvalue weighted by Gasteiger charge is 2.40. The summed E-state index contributed by atoms with van der Waals surface area (Å²) in [5.41, 5.74) is 0.979. The summed E-state index contributed by atoms with van der Waals surface area (Å²) in [6, 6.07) is 6.71. The van der Waals surface area contributed by atoms with Crippen molar-refractivity contribution in [3.63, 3.8) is 0 Å². The number of hydrogen-bond acceptors (Lipinski definition) is 6. The molecule has 4 amide bonds. The summed E-state index contributed by atoms with van der Waals surface area (Å²) in [6.07, 6.45) is 7.05. The van der Waals surface area contributed by atoms with Crippen LogP contribution in [0.3, 0.4) is 0 Å². The minimum Gasteiger partial charge on any atom is -0.508 e. The predicted molar refractivity (Wildman–Crippen MR) is 147 cm³/mol. The molecule has 4 atom stereocenters. The molecular weight excluding hydrogens is 498 g/mol. The topological polar surface area (TPSA) is 122 Å². The van der Waals surface area contributed by atoms with Crippen LogP contribution in [0.1, 0.15) is 64.4 Å². The molecule has 3 fully saturated rings. The molecule has 3 aliphatic rings. The molecule has 4 rings (SSSR count). The Labute approximate surface area is 231 Å². The minimum atomic E-state index is -0.576. The second kappa shape index (κ2) is 13.3. The number of phenolic OH excluding ortho intramolecular Hbond substituents is 1. The van der Waals surface area contributed by atoms with Crippen LogP contribution in [0, 0.1) is 0 Å². The van der Waals surface area contributed by atoms with E-state index in [1.165, 1.54) is 0 Å². The van der Waals surface area contributed by atoms with E-state index < -0.39 is 23.6 Å². The molecule has 3 N–H and O–H groups in total. The summed E-state index contributed by atoms with van der Waals surface area (Å²) in [6.45, 7) is 7.14. The fourth-order valence-corrected chi connectivity index (χ4v) is 6.23. The van der Waals surface area contributed by atoms with Gasteiger partial charge in [0.25, 0.3) is 0 Å². The Balaban J connectivity index is 1.45. The van der Waals surface area contributed by atoms with Crippen LogP contribution < -0.4 is 10.6 Å². The van der Waals surface area contributed by atoms with Gasteiger partial charge in [0.2, 0.25) is 0 Å². The van der Waals surface area contributed by atoms with Gasteiger partial charge in [-0.05, 0) is 56.3 Å². The standard InChI is InChI=1S/C29H43N5O5/c1-3-5-8-22-16-30-26(36)28(38)34(22)19-23-9-6-14-32(23)18-24(7-4-2)33-17-21(31-27(37)29(33)39)15-20-10-12-25(35)13-11-20/h10-13,21-24,35H,3-9,14-19H2,1-2H3,(H,30,36)(H,31,37)/t21-,22+,23+,24-/m1/s1. The number of rotatable bonds is 12. The number of hydrogen-bond donors (Lipinski definition) is 3. The SMILES string of the molecule is CCCC[C@H]1CNC(=O)C(=O)N1C[C@@H]1CCCN1C[C@@H](CCC)N1C[C@@H](Cc2ccc(O)cc2)NC(=O)C1=O. The number of amides is 4. The second-order valence-electron chi connectivity index (χ2n) is 11.2. The molecule has 3 heterocycles. The number of aromatic hydroxyl groups is 1. The highest BCUT2D eigenvalue weighted by molar-refractivity contribution is 6.36. The fraction of sp³-hybridized carbons (Fsp3) is 0.655. The maximum atomic E-state index is 13.0. The van der Waals surface area contributed by atoms with Crippen molar-refractivity contribution in [3.05, 3.63) is 29.8 Å². The van der Waals surface area contributed by atoms with Crippen molar-refractivity contribution in [3.8, 4) is 5.75 Å². The molecule has 1 aromatic rings. The summed E-state index contributed by atoms with van der Waals surface area (Å²) in [4.78, 5) is 56.6. The van der Waals surface area contributed by atoms with Gasteiger partial charge in [-0.1, -0.05) is 45.2 Å². The van der Waals surface area contributed by atoms with Gasteiger partial charge in [-0.25, -0.2) is 0 Å². The Hall–Kier alpha value is -3.14. The van der Waals surface area contributed by atoms with E-state index in [1.54, 1.807) is 21.9 Å². The van der Waals surface area contributed by atoms with E-state index >= 15 is 0 Å². The minimum absolute atomic E-state index is 0.0112. The average Bonchev–Trinajstić information content (AvgIpc) is 3.36. The zero-order valence-electron chi connectivity index (χ0n) is 23.2. The molecule has 3 saturated heterocycles. The van der Waals surface area contributed by atoms with E-state index in [-0.39, 0.29) is 29.9 Å². The predicted octanol–water partition coefficient (Wildman–Crippen LogP) is 1.41. The monoisotopic (exact) mass is 541 g/mol. The van der Waals surface area contributed by atoms with E-state index in [0.717, 1.165) is 57.1 Å². The fourth-order valence-electron chi connectivity index (χ4n) is 6.23. The summed E-state index contributed by atoms with van der Waals surface area (Å²) in [5, 5.41) is 15.2. The molecule has 0 aromatic heterocycles. The number of likely N-dealkylation sites (tertiary alicyclic amines) is 1. The van der Waals surface area contributed by atoms with E-state index in [1.807, 2.05) is 12.1 Å². The molecule has 214 valence electrons. The van der Waals surface area contributed by atoms with Gasteiger partial charge < -0.3 is 25.5 Å². The lowest BCUT2D eigenvalue weighted by Gasteiger charge is -2.42. The van der Waals surface area contributed by atoms with Crippen LogP contribution >= 0.6 is 0 Å². The van der Waals surface area contributed by atoms with Gasteiger partial charge in [-0.2, -0.15) is 0 Å². The Morgan fingerprint density at radius 1 is 1.00 bits per heavy atom. The molecular formula is C29H43N5O5. The van der Waals surface area contributed by atoms with E-state index in [4.69, 9.17) is 0 Å². The first-order valence-corrected chi connectivity index (χ1v) is 14.5. The molecule has 0 radical (unpaired) electrons. The normalized spacial score (nSPS) is 25.1. The number of nitrogens with one attached hydrogen (secondary N) is 2. The molecule has 10 heteroatoms. The molecule has 0 saturated carbocycles. The summed E-state index contributed by atoms with van der Waals surface area (Å²) in [5.74, 6) is -1.85. The number of unbranched alkanes of at least 4 members (excludes halogenated alkanes) is 1. The second-order valence-corrected chi connectivity index (χ2v) is 11.2. The van der Waals surface area contributed by atoms with Crippen LogP contribution in [-0.2, 0) is 25.6 Å². The smallest absolute Gasteiger partial charge is 0.312 e. The highest BCUT2D eigenvalue weighted by Crippen LogP contribution is 2.25. The quantitative estimate of drug-likeness (QED) is 0.344. The lowest BCUT2D eigenvalue weighted by Crippen LogP contribution is -2.63. The molecule has 0 bridgehead atoms. The average molecular weight is 542 g/mol. The molecule has 0 aliphatic carbocycles. The molecule has 10 nitrogen and oxygen atoms in total. The first-order valence-electron chi connectivity index (χ1n) is 14.5. The van der Waals surface area contributed by atoms with Gasteiger partial charge >= 0.3 is 23.6 Å². The summed E-state index contributed by atoms with van der Waals surface area (Å²) in [7, 11) is 0. The Kier molecular flexibility index (Phi) is 9.83. The molecule has 0 unspecified atom stereocenters. The zero-order valence-corrected chi connectivity index (χ0v) is 23.2. The van der Waals surface area contributed by atoms with E-state index in [9.17, 15) is 24.3 Å². The van der Waals surface area contributed by atoms with Crippen LogP contribution in [-0.4, -0.2) is 100 Å². The number of phenols is 1. The maximum absolute atomic E-state index is 13.0. The van der Waals surface area contributed by atoms with E-state index in [0.29, 0.717) is 32.6 Å². The van der Waals surface area contributed by atoms with Crippen molar-refractivity contribution >= 4 is 23.6 Å². The molecule has 0 spiro atoms. The lowest BCUT2D eigenvalue weighted by molar-refractivity contribution is -0.152. The van der Waals surface area contributed by atoms with Crippen LogP contribution in [0.25, 0.3) is 0 Å². The van der Waals surface area contributed by atoms with Gasteiger partial charge in [-0.15, -0.1) is 0 Å². The van der Waals surface area contributed by atoms with Crippen molar-refractivity contribution in [1.29, 1.82) is 0 Å². The van der Waals surface area contributed by atoms with Crippen molar-refractivity contribution in [2.45, 2.75) is 89.4 Å². The third-order valence-electron chi connectivity index (χ3n) is 8.33. The summed E-state index contributed by atoms with van der Waals surface area (Å²) < 4.78 is 0. The van der Waals surface area contributed by atoms with Crippen LogP contribution in [0.15, 0.2) is 24.3 Å². The van der Waals surface area contributed by atoms with Crippen LogP contribution in [0.2, 0.25) is 0 Å². The highest BCUT2D eigenvalue weighted by atomic mass is 16.3. The zero-order chi connectivity index (χ0) is 27.9. The first kappa shape index (κ1) is 28.9.